The van der Waals surface area contributed by atoms with Crippen LogP contribution in [0.15, 0.2) is 23.9 Å². The van der Waals surface area contributed by atoms with Crippen LogP contribution in [0.2, 0.25) is 0 Å². The van der Waals surface area contributed by atoms with Crippen LogP contribution in [0.3, 0.4) is 0 Å². The number of hydrogen-bond donors (Lipinski definition) is 1. The fraction of sp³-hybridized carbons (Fsp3) is 0. The van der Waals surface area contributed by atoms with Crippen molar-refractivity contribution in [2.75, 3.05) is 0 Å². The Morgan fingerprint density at radius 1 is 1.35 bits per heavy atom. The average Bonchev–Trinajstić information content (AvgIpc) is 3.03. The highest BCUT2D eigenvalue weighted by Gasteiger charge is 2.25. The highest BCUT2D eigenvalue weighted by atomic mass is 35.7. The zero-order chi connectivity index (χ0) is 14.3. The van der Waals surface area contributed by atoms with Crippen molar-refractivity contribution in [3.63, 3.8) is 0 Å². The maximum absolute atomic E-state index is 11.6. The van der Waals surface area contributed by atoms with E-state index in [2.05, 4.69) is 25.0 Å². The Morgan fingerprint density at radius 2 is 2.15 bits per heavy atom. The first-order valence-corrected chi connectivity index (χ1v) is 7.40. The van der Waals surface area contributed by atoms with Gasteiger partial charge < -0.3 is 4.98 Å². The van der Waals surface area contributed by atoms with E-state index in [4.69, 9.17) is 15.9 Å². The molecule has 1 N–H and O–H groups in total. The van der Waals surface area contributed by atoms with Crippen LogP contribution < -0.4 is 0 Å². The predicted molar refractivity (Wildman–Crippen MR) is 66.6 cm³/mol. The monoisotopic (exact) mass is 309 g/mol. The normalized spacial score (nSPS) is 11.6. The Balaban J connectivity index is 2.40. The number of nitriles is 1. The average molecular weight is 310 g/mol. The van der Waals surface area contributed by atoms with Gasteiger partial charge >= 0.3 is 0 Å². The molecule has 3 aromatic heterocycles. The lowest BCUT2D eigenvalue weighted by Gasteiger charge is -2.04. The minimum absolute atomic E-state index is 0.133. The molecule has 0 amide bonds. The number of aromatic amines is 1. The molecule has 0 saturated heterocycles. The highest BCUT2D eigenvalue weighted by Crippen LogP contribution is 2.24. The molecular weight excluding hydrogens is 306 g/mol. The number of imidazole rings is 1. The molecule has 0 unspecified atom stereocenters. The highest BCUT2D eigenvalue weighted by molar-refractivity contribution is 8.13. The summed E-state index contributed by atoms with van der Waals surface area (Å²) in [4.78, 5) is 14.6. The van der Waals surface area contributed by atoms with E-state index in [1.165, 1.54) is 12.7 Å². The van der Waals surface area contributed by atoms with E-state index >= 15 is 0 Å². The van der Waals surface area contributed by atoms with Crippen molar-refractivity contribution in [3.05, 3.63) is 24.4 Å². The van der Waals surface area contributed by atoms with Crippen molar-refractivity contribution < 1.29 is 8.42 Å². The van der Waals surface area contributed by atoms with Crippen LogP contribution in [-0.2, 0) is 9.05 Å². The number of halogens is 1. The number of nitrogens with one attached hydrogen (secondary N) is 1. The van der Waals surface area contributed by atoms with Gasteiger partial charge in [-0.2, -0.15) is 15.0 Å². The number of fused-ring (bicyclic) bond motifs is 1. The summed E-state index contributed by atoms with van der Waals surface area (Å²) in [7, 11) is 1.18. The lowest BCUT2D eigenvalue weighted by molar-refractivity contribution is 0.598. The zero-order valence-corrected chi connectivity index (χ0v) is 11.1. The molecule has 0 aromatic carbocycles. The molecule has 0 spiro atoms. The number of aromatic nitrogens is 6. The zero-order valence-electron chi connectivity index (χ0n) is 9.52. The number of H-pyrrole nitrogens is 1. The van der Waals surface area contributed by atoms with Crippen LogP contribution in [0.4, 0.5) is 0 Å². The summed E-state index contributed by atoms with van der Waals surface area (Å²) in [6, 6.07) is 1.72. The minimum Gasteiger partial charge on any atom is -0.340 e. The van der Waals surface area contributed by atoms with Gasteiger partial charge in [0.2, 0.25) is 0 Å². The fourth-order valence-corrected chi connectivity index (χ4v) is 2.86. The molecule has 0 radical (unpaired) electrons. The first kappa shape index (κ1) is 12.5. The Hall–Kier alpha value is -2.51. The largest absolute Gasteiger partial charge is 0.340 e. The van der Waals surface area contributed by atoms with Crippen molar-refractivity contribution in [2.45, 2.75) is 5.03 Å². The van der Waals surface area contributed by atoms with Gasteiger partial charge in [-0.3, -0.25) is 0 Å². The van der Waals surface area contributed by atoms with E-state index < -0.39 is 14.1 Å². The van der Waals surface area contributed by atoms with E-state index in [0.29, 0.717) is 11.2 Å². The third kappa shape index (κ3) is 1.80. The van der Waals surface area contributed by atoms with Gasteiger partial charge in [0.05, 0.1) is 12.5 Å². The first-order chi connectivity index (χ1) is 9.52. The fourth-order valence-electron chi connectivity index (χ4n) is 1.71. The van der Waals surface area contributed by atoms with Gasteiger partial charge in [0, 0.05) is 10.7 Å². The predicted octanol–water partition coefficient (Wildman–Crippen LogP) is 0.338. The molecule has 0 bridgehead atoms. The van der Waals surface area contributed by atoms with E-state index in [0.717, 1.165) is 10.9 Å². The second kappa shape index (κ2) is 4.26. The molecule has 11 heteroatoms. The minimum atomic E-state index is -4.18. The van der Waals surface area contributed by atoms with Crippen LogP contribution in [-0.4, -0.2) is 38.1 Å². The van der Waals surface area contributed by atoms with Crippen molar-refractivity contribution in [1.82, 2.24) is 29.7 Å². The third-order valence-corrected chi connectivity index (χ3v) is 3.77. The second-order valence-electron chi connectivity index (χ2n) is 3.62. The van der Waals surface area contributed by atoms with Gasteiger partial charge in [-0.25, -0.2) is 23.4 Å². The Morgan fingerprint density at radius 3 is 2.85 bits per heavy atom. The van der Waals surface area contributed by atoms with Crippen LogP contribution in [0.25, 0.3) is 17.0 Å². The molecule has 20 heavy (non-hydrogen) atoms. The smallest absolute Gasteiger partial charge is 0.280 e. The van der Waals surface area contributed by atoms with Gasteiger partial charge in [0.1, 0.15) is 23.5 Å². The van der Waals surface area contributed by atoms with E-state index in [1.54, 1.807) is 6.07 Å². The van der Waals surface area contributed by atoms with Gasteiger partial charge in [0.15, 0.2) is 16.5 Å². The quantitative estimate of drug-likeness (QED) is 0.675. The molecule has 3 heterocycles. The SMILES string of the molecule is N#Cc1cnn(-c2ncnc3nc[nH]c23)c1S(=O)(=O)Cl. The molecule has 0 aliphatic heterocycles. The third-order valence-electron chi connectivity index (χ3n) is 2.48. The van der Waals surface area contributed by atoms with E-state index in [9.17, 15) is 8.42 Å². The summed E-state index contributed by atoms with van der Waals surface area (Å²) in [6.07, 6.45) is 3.68. The molecule has 0 atom stereocenters. The van der Waals surface area contributed by atoms with Crippen LogP contribution >= 0.6 is 10.7 Å². The summed E-state index contributed by atoms with van der Waals surface area (Å²) in [5, 5.41) is 12.3. The molecular formula is C9H4ClN7O2S. The van der Waals surface area contributed by atoms with E-state index in [-0.39, 0.29) is 11.4 Å². The van der Waals surface area contributed by atoms with Crippen LogP contribution in [0.5, 0.6) is 0 Å². The van der Waals surface area contributed by atoms with Gasteiger partial charge in [0.25, 0.3) is 9.05 Å². The molecule has 3 rings (SSSR count). The van der Waals surface area contributed by atoms with Crippen molar-refractivity contribution >= 4 is 30.9 Å². The summed E-state index contributed by atoms with van der Waals surface area (Å²) >= 11 is 0. The van der Waals surface area contributed by atoms with Gasteiger partial charge in [-0.1, -0.05) is 0 Å². The maximum Gasteiger partial charge on any atom is 0.280 e. The molecule has 0 saturated carbocycles. The van der Waals surface area contributed by atoms with Crippen LogP contribution in [0.1, 0.15) is 5.56 Å². The number of hydrogen-bond acceptors (Lipinski definition) is 7. The molecule has 0 aliphatic carbocycles. The Kier molecular flexibility index (Phi) is 2.66. The summed E-state index contributed by atoms with van der Waals surface area (Å²) in [5.41, 5.74) is 0.537. The van der Waals surface area contributed by atoms with Crippen LogP contribution in [0, 0.1) is 11.3 Å². The lowest BCUT2D eigenvalue weighted by atomic mass is 10.4. The van der Waals surface area contributed by atoms with Gasteiger partial charge in [-0.15, -0.1) is 0 Å². The Bertz CT molecular complexity index is 952. The summed E-state index contributed by atoms with van der Waals surface area (Å²) < 4.78 is 24.2. The maximum atomic E-state index is 11.6. The standard InChI is InChI=1S/C9H4ClN7O2S/c10-20(18,19)9-5(1-11)2-16-17(9)8-6-7(13-3-12-6)14-4-15-8/h2-4H,(H,12,13,14,15). The molecule has 9 nitrogen and oxygen atoms in total. The summed E-state index contributed by atoms with van der Waals surface area (Å²) in [6.45, 7) is 0. The van der Waals surface area contributed by atoms with Gasteiger partial charge in [-0.05, 0) is 0 Å². The van der Waals surface area contributed by atoms with Crippen molar-refractivity contribution in [2.24, 2.45) is 0 Å². The second-order valence-corrected chi connectivity index (χ2v) is 6.10. The van der Waals surface area contributed by atoms with Crippen molar-refractivity contribution in [3.8, 4) is 11.9 Å². The number of rotatable bonds is 2. The first-order valence-electron chi connectivity index (χ1n) is 5.09. The molecule has 0 aliphatic rings. The molecule has 0 fully saturated rings. The van der Waals surface area contributed by atoms with E-state index in [1.807, 2.05) is 0 Å². The molecule has 100 valence electrons. The number of nitrogens with zero attached hydrogens (tertiary/aromatic N) is 6. The topological polar surface area (TPSA) is 130 Å². The van der Waals surface area contributed by atoms with Crippen molar-refractivity contribution in [1.29, 1.82) is 5.26 Å². The molecule has 3 aromatic rings. The lowest BCUT2D eigenvalue weighted by Crippen LogP contribution is -2.08. The Labute approximate surface area is 116 Å². The summed E-state index contributed by atoms with van der Waals surface area (Å²) in [5.74, 6) is 0.133.